The largest absolute Gasteiger partial charge is 0.368 e. The Morgan fingerprint density at radius 1 is 1.14 bits per heavy atom. The Morgan fingerprint density at radius 2 is 2.00 bits per heavy atom. The average Bonchev–Trinajstić information content (AvgIpc) is 2.19. The summed E-state index contributed by atoms with van der Waals surface area (Å²) >= 11 is 2.08. The second-order valence-electron chi connectivity index (χ2n) is 4.13. The molecule has 0 aromatic heterocycles. The molecule has 1 aliphatic rings. The highest BCUT2D eigenvalue weighted by Gasteiger charge is 2.21. The molecule has 2 heteroatoms. The Hall–Kier alpha value is 0.310. The molecule has 1 aliphatic heterocycles. The number of unbranched alkanes of at least 4 members (excludes halogenated alkanes) is 2. The lowest BCUT2D eigenvalue weighted by atomic mass is 10.2. The van der Waals surface area contributed by atoms with Crippen molar-refractivity contribution in [2.24, 2.45) is 0 Å². The monoisotopic (exact) mass is 216 g/mol. The molecule has 0 aliphatic carbocycles. The molecule has 0 bridgehead atoms. The van der Waals surface area contributed by atoms with Crippen molar-refractivity contribution in [2.75, 3.05) is 6.61 Å². The predicted octanol–water partition coefficient (Wildman–Crippen LogP) is 4.22. The second kappa shape index (κ2) is 7.58. The van der Waals surface area contributed by atoms with Crippen LogP contribution in [0.2, 0.25) is 0 Å². The summed E-state index contributed by atoms with van der Waals surface area (Å²) in [6.07, 6.45) is 9.24. The normalized spacial score (nSPS) is 27.9. The number of hydrogen-bond donors (Lipinski definition) is 0. The summed E-state index contributed by atoms with van der Waals surface area (Å²) in [5, 5.41) is 0.875. The summed E-state index contributed by atoms with van der Waals surface area (Å²) in [7, 11) is 0. The molecule has 1 rings (SSSR count). The minimum atomic E-state index is 0.506. The van der Waals surface area contributed by atoms with Crippen LogP contribution >= 0.6 is 11.8 Å². The molecule has 0 unspecified atom stereocenters. The number of thioether (sulfide) groups is 1. The van der Waals surface area contributed by atoms with Crippen LogP contribution in [0.1, 0.15) is 58.8 Å². The van der Waals surface area contributed by atoms with Crippen molar-refractivity contribution < 1.29 is 4.74 Å². The van der Waals surface area contributed by atoms with Crippen molar-refractivity contribution in [3.05, 3.63) is 0 Å². The van der Waals surface area contributed by atoms with Crippen LogP contribution in [0.25, 0.3) is 0 Å². The predicted molar refractivity (Wildman–Crippen MR) is 64.8 cm³/mol. The molecular formula is C12H24OS. The van der Waals surface area contributed by atoms with Gasteiger partial charge in [-0.05, 0) is 19.3 Å². The molecule has 2 atom stereocenters. The highest BCUT2D eigenvalue weighted by atomic mass is 32.2. The minimum absolute atomic E-state index is 0.506. The van der Waals surface area contributed by atoms with Crippen molar-refractivity contribution in [1.82, 2.24) is 0 Å². The first-order valence-corrected chi connectivity index (χ1v) is 7.08. The zero-order chi connectivity index (χ0) is 10.2. The fraction of sp³-hybridized carbons (Fsp3) is 1.00. The van der Waals surface area contributed by atoms with E-state index in [1.165, 1.54) is 44.9 Å². The Balaban J connectivity index is 2.12. The van der Waals surface area contributed by atoms with Crippen LogP contribution < -0.4 is 0 Å². The zero-order valence-electron chi connectivity index (χ0n) is 9.63. The van der Waals surface area contributed by atoms with E-state index in [4.69, 9.17) is 4.74 Å². The maximum Gasteiger partial charge on any atom is 0.103 e. The third-order valence-electron chi connectivity index (χ3n) is 2.74. The van der Waals surface area contributed by atoms with Gasteiger partial charge in [0.15, 0.2) is 0 Å². The molecule has 1 saturated heterocycles. The number of hydrogen-bond acceptors (Lipinski definition) is 2. The Bertz CT molecular complexity index is 136. The summed E-state index contributed by atoms with van der Waals surface area (Å²) < 4.78 is 5.76. The lowest BCUT2D eigenvalue weighted by molar-refractivity contribution is 0.0918. The fourth-order valence-corrected chi connectivity index (χ4v) is 3.41. The smallest absolute Gasteiger partial charge is 0.103 e. The molecule has 0 aromatic carbocycles. The van der Waals surface area contributed by atoms with E-state index in [2.05, 4.69) is 25.6 Å². The third kappa shape index (κ3) is 4.70. The first kappa shape index (κ1) is 12.4. The lowest BCUT2D eigenvalue weighted by Crippen LogP contribution is -2.23. The van der Waals surface area contributed by atoms with Gasteiger partial charge in [0.25, 0.3) is 0 Å². The molecule has 1 nitrogen and oxygen atoms in total. The molecule has 0 N–H and O–H groups in total. The van der Waals surface area contributed by atoms with Gasteiger partial charge in [0.05, 0.1) is 0 Å². The molecule has 0 aromatic rings. The van der Waals surface area contributed by atoms with Gasteiger partial charge >= 0.3 is 0 Å². The van der Waals surface area contributed by atoms with E-state index in [9.17, 15) is 0 Å². The standard InChI is InChI=1S/C12H24OS/c1-3-5-6-8-12-13-10-9-11(14-12)7-4-2/h11-12H,3-10H2,1-2H3/t11-,12-/m1/s1. The molecule has 14 heavy (non-hydrogen) atoms. The topological polar surface area (TPSA) is 9.23 Å². The van der Waals surface area contributed by atoms with Gasteiger partial charge < -0.3 is 4.74 Å². The lowest BCUT2D eigenvalue weighted by Gasteiger charge is -2.29. The molecule has 1 fully saturated rings. The number of ether oxygens (including phenoxy) is 1. The van der Waals surface area contributed by atoms with E-state index in [0.717, 1.165) is 11.9 Å². The van der Waals surface area contributed by atoms with Gasteiger partial charge in [-0.3, -0.25) is 0 Å². The van der Waals surface area contributed by atoms with E-state index in [0.29, 0.717) is 5.44 Å². The first-order valence-electron chi connectivity index (χ1n) is 6.13. The quantitative estimate of drug-likeness (QED) is 0.615. The van der Waals surface area contributed by atoms with Crippen LogP contribution in [0.4, 0.5) is 0 Å². The maximum absolute atomic E-state index is 5.76. The van der Waals surface area contributed by atoms with Crippen LogP contribution in [0.3, 0.4) is 0 Å². The van der Waals surface area contributed by atoms with Gasteiger partial charge in [0, 0.05) is 11.9 Å². The van der Waals surface area contributed by atoms with Crippen LogP contribution in [-0.4, -0.2) is 17.3 Å². The van der Waals surface area contributed by atoms with Gasteiger partial charge in [-0.2, -0.15) is 0 Å². The minimum Gasteiger partial charge on any atom is -0.368 e. The van der Waals surface area contributed by atoms with Crippen molar-refractivity contribution in [2.45, 2.75) is 69.5 Å². The van der Waals surface area contributed by atoms with Crippen LogP contribution in [0.5, 0.6) is 0 Å². The Labute approximate surface area is 93.0 Å². The van der Waals surface area contributed by atoms with E-state index >= 15 is 0 Å². The second-order valence-corrected chi connectivity index (χ2v) is 5.60. The molecule has 1 heterocycles. The summed E-state index contributed by atoms with van der Waals surface area (Å²) in [6.45, 7) is 5.53. The highest BCUT2D eigenvalue weighted by Crippen LogP contribution is 2.32. The van der Waals surface area contributed by atoms with Gasteiger partial charge in [0.1, 0.15) is 5.44 Å². The molecule has 0 amide bonds. The van der Waals surface area contributed by atoms with Crippen LogP contribution in [0.15, 0.2) is 0 Å². The summed E-state index contributed by atoms with van der Waals surface area (Å²) in [5.74, 6) is 0. The van der Waals surface area contributed by atoms with E-state index in [1.54, 1.807) is 0 Å². The van der Waals surface area contributed by atoms with E-state index in [-0.39, 0.29) is 0 Å². The number of rotatable bonds is 6. The highest BCUT2D eigenvalue weighted by molar-refractivity contribution is 8.00. The van der Waals surface area contributed by atoms with E-state index < -0.39 is 0 Å². The van der Waals surface area contributed by atoms with Crippen molar-refractivity contribution in [1.29, 1.82) is 0 Å². The van der Waals surface area contributed by atoms with Crippen LogP contribution in [-0.2, 0) is 4.74 Å². The summed E-state index contributed by atoms with van der Waals surface area (Å²) in [5.41, 5.74) is 0.506. The molecular weight excluding hydrogens is 192 g/mol. The third-order valence-corrected chi connectivity index (χ3v) is 4.27. The van der Waals surface area contributed by atoms with Gasteiger partial charge in [0.2, 0.25) is 0 Å². The first-order chi connectivity index (χ1) is 6.86. The zero-order valence-corrected chi connectivity index (χ0v) is 10.4. The molecule has 0 spiro atoms. The molecule has 0 saturated carbocycles. The van der Waals surface area contributed by atoms with Crippen molar-refractivity contribution >= 4 is 11.8 Å². The Morgan fingerprint density at radius 3 is 2.71 bits per heavy atom. The summed E-state index contributed by atoms with van der Waals surface area (Å²) in [6, 6.07) is 0. The SMILES string of the molecule is CCCCC[C@@H]1OCC[C@@H](CCC)S1. The van der Waals surface area contributed by atoms with Crippen molar-refractivity contribution in [3.8, 4) is 0 Å². The average molecular weight is 216 g/mol. The van der Waals surface area contributed by atoms with Gasteiger partial charge in [-0.1, -0.05) is 39.5 Å². The van der Waals surface area contributed by atoms with Crippen LogP contribution in [0, 0.1) is 0 Å². The summed E-state index contributed by atoms with van der Waals surface area (Å²) in [4.78, 5) is 0. The maximum atomic E-state index is 5.76. The van der Waals surface area contributed by atoms with Crippen molar-refractivity contribution in [3.63, 3.8) is 0 Å². The molecule has 0 radical (unpaired) electrons. The van der Waals surface area contributed by atoms with Gasteiger partial charge in [-0.25, -0.2) is 0 Å². The molecule has 84 valence electrons. The fourth-order valence-electron chi connectivity index (χ4n) is 1.90. The Kier molecular flexibility index (Phi) is 6.70. The van der Waals surface area contributed by atoms with E-state index in [1.807, 2.05) is 0 Å². The van der Waals surface area contributed by atoms with Gasteiger partial charge in [-0.15, -0.1) is 11.8 Å².